The van der Waals surface area contributed by atoms with E-state index in [1.54, 1.807) is 0 Å². The molecule has 1 aromatic carbocycles. The number of carbonyl (C=O) groups is 1. The quantitative estimate of drug-likeness (QED) is 0.471. The minimum absolute atomic E-state index is 0.217. The van der Waals surface area contributed by atoms with Crippen molar-refractivity contribution in [3.63, 3.8) is 0 Å². The number of anilines is 1. The van der Waals surface area contributed by atoms with E-state index in [0.29, 0.717) is 6.54 Å². The molecule has 1 aliphatic carbocycles. The maximum Gasteiger partial charge on any atom is 0.340 e. The van der Waals surface area contributed by atoms with Crippen LogP contribution in [0.3, 0.4) is 0 Å². The second-order valence-corrected chi connectivity index (χ2v) is 4.59. The second kappa shape index (κ2) is 5.44. The van der Waals surface area contributed by atoms with Gasteiger partial charge in [0.25, 0.3) is 5.69 Å². The van der Waals surface area contributed by atoms with Crippen molar-refractivity contribution in [3.8, 4) is 0 Å². The summed E-state index contributed by atoms with van der Waals surface area (Å²) in [6.07, 6.45) is 1.88. The number of ether oxygens (including phenoxy) is 1. The molecule has 0 unspecified atom stereocenters. The van der Waals surface area contributed by atoms with Crippen molar-refractivity contribution in [2.75, 3.05) is 18.6 Å². The highest BCUT2D eigenvalue weighted by atomic mass is 19.1. The van der Waals surface area contributed by atoms with Crippen LogP contribution in [0.5, 0.6) is 0 Å². The van der Waals surface area contributed by atoms with Crippen LogP contribution in [0.1, 0.15) is 30.1 Å². The lowest BCUT2D eigenvalue weighted by Crippen LogP contribution is -2.26. The standard InChI is InChI=1S/C13H15FN2O4/c1-3-15(8-4-5-8)11-6-9(13(17)20-2)10(14)7-12(11)16(18)19/h6-8H,3-5H2,1-2H3. The van der Waals surface area contributed by atoms with Crippen LogP contribution in [-0.4, -0.2) is 30.6 Å². The van der Waals surface area contributed by atoms with E-state index in [4.69, 9.17) is 0 Å². The molecule has 20 heavy (non-hydrogen) atoms. The van der Waals surface area contributed by atoms with Crippen LogP contribution in [-0.2, 0) is 4.74 Å². The van der Waals surface area contributed by atoms with E-state index in [-0.39, 0.29) is 23.0 Å². The second-order valence-electron chi connectivity index (χ2n) is 4.59. The molecule has 0 atom stereocenters. The molecule has 0 saturated heterocycles. The first-order valence-electron chi connectivity index (χ1n) is 6.32. The number of benzene rings is 1. The highest BCUT2D eigenvalue weighted by Crippen LogP contribution is 2.38. The number of hydrogen-bond donors (Lipinski definition) is 0. The third-order valence-electron chi connectivity index (χ3n) is 3.30. The maximum atomic E-state index is 13.8. The summed E-state index contributed by atoms with van der Waals surface area (Å²) >= 11 is 0. The summed E-state index contributed by atoms with van der Waals surface area (Å²) < 4.78 is 18.3. The van der Waals surface area contributed by atoms with Gasteiger partial charge in [-0.25, -0.2) is 9.18 Å². The zero-order valence-electron chi connectivity index (χ0n) is 11.3. The van der Waals surface area contributed by atoms with Crippen LogP contribution in [0.4, 0.5) is 15.8 Å². The van der Waals surface area contributed by atoms with Crippen LogP contribution in [0, 0.1) is 15.9 Å². The van der Waals surface area contributed by atoms with Crippen molar-refractivity contribution in [1.82, 2.24) is 0 Å². The lowest BCUT2D eigenvalue weighted by atomic mass is 10.1. The van der Waals surface area contributed by atoms with E-state index in [9.17, 15) is 19.3 Å². The molecule has 0 aliphatic heterocycles. The summed E-state index contributed by atoms with van der Waals surface area (Å²) in [6, 6.07) is 2.21. The van der Waals surface area contributed by atoms with Gasteiger partial charge in [-0.2, -0.15) is 0 Å². The number of carbonyl (C=O) groups excluding carboxylic acids is 1. The molecule has 108 valence electrons. The van der Waals surface area contributed by atoms with Gasteiger partial charge in [-0.1, -0.05) is 0 Å². The lowest BCUT2D eigenvalue weighted by molar-refractivity contribution is -0.384. The van der Waals surface area contributed by atoms with Gasteiger partial charge in [0.2, 0.25) is 0 Å². The predicted molar refractivity (Wildman–Crippen MR) is 70.4 cm³/mol. The zero-order valence-corrected chi connectivity index (χ0v) is 11.3. The third kappa shape index (κ3) is 2.56. The van der Waals surface area contributed by atoms with Gasteiger partial charge in [-0.15, -0.1) is 0 Å². The molecule has 0 radical (unpaired) electrons. The van der Waals surface area contributed by atoms with Crippen LogP contribution in [0.2, 0.25) is 0 Å². The van der Waals surface area contributed by atoms with Crippen LogP contribution < -0.4 is 4.90 Å². The summed E-state index contributed by atoms with van der Waals surface area (Å²) in [7, 11) is 1.14. The summed E-state index contributed by atoms with van der Waals surface area (Å²) in [6.45, 7) is 2.42. The average molecular weight is 282 g/mol. The molecular formula is C13H15FN2O4. The van der Waals surface area contributed by atoms with Crippen LogP contribution in [0.15, 0.2) is 12.1 Å². The first-order valence-corrected chi connectivity index (χ1v) is 6.32. The number of nitrogens with zero attached hydrogens (tertiary/aromatic N) is 2. The Hall–Kier alpha value is -2.18. The van der Waals surface area contributed by atoms with Gasteiger partial charge >= 0.3 is 5.97 Å². The normalized spacial score (nSPS) is 13.9. The summed E-state index contributed by atoms with van der Waals surface area (Å²) in [4.78, 5) is 23.8. The average Bonchev–Trinajstić information content (AvgIpc) is 3.24. The highest BCUT2D eigenvalue weighted by Gasteiger charge is 2.33. The van der Waals surface area contributed by atoms with Crippen molar-refractivity contribution in [2.45, 2.75) is 25.8 Å². The molecule has 0 N–H and O–H groups in total. The summed E-state index contributed by atoms with van der Waals surface area (Å²) in [5, 5.41) is 11.1. The SMILES string of the molecule is CCN(c1cc(C(=O)OC)c(F)cc1[N+](=O)[O-])C1CC1. The molecule has 1 aromatic rings. The van der Waals surface area contributed by atoms with E-state index in [2.05, 4.69) is 4.74 Å². The molecule has 1 fully saturated rings. The Morgan fingerprint density at radius 2 is 2.20 bits per heavy atom. The van der Waals surface area contributed by atoms with E-state index in [0.717, 1.165) is 26.0 Å². The number of methoxy groups -OCH3 is 1. The zero-order chi connectivity index (χ0) is 14.9. The van der Waals surface area contributed by atoms with Gasteiger partial charge in [-0.3, -0.25) is 10.1 Å². The fourth-order valence-electron chi connectivity index (χ4n) is 2.21. The van der Waals surface area contributed by atoms with E-state index >= 15 is 0 Å². The number of halogens is 1. The van der Waals surface area contributed by atoms with Crippen molar-refractivity contribution < 1.29 is 18.8 Å². The van der Waals surface area contributed by atoms with Crippen molar-refractivity contribution in [1.29, 1.82) is 0 Å². The first-order chi connectivity index (χ1) is 9.49. The molecular weight excluding hydrogens is 267 g/mol. The van der Waals surface area contributed by atoms with Gasteiger partial charge in [-0.05, 0) is 25.8 Å². The summed E-state index contributed by atoms with van der Waals surface area (Å²) in [5.41, 5.74) is -0.349. The number of nitro benzene ring substituents is 1. The third-order valence-corrected chi connectivity index (χ3v) is 3.30. The smallest absolute Gasteiger partial charge is 0.340 e. The molecule has 0 amide bonds. The van der Waals surface area contributed by atoms with E-state index in [1.807, 2.05) is 11.8 Å². The summed E-state index contributed by atoms with van der Waals surface area (Å²) in [5.74, 6) is -1.79. The van der Waals surface area contributed by atoms with Gasteiger partial charge in [0.15, 0.2) is 0 Å². The minimum atomic E-state index is -0.945. The molecule has 0 heterocycles. The highest BCUT2D eigenvalue weighted by molar-refractivity contribution is 5.92. The van der Waals surface area contributed by atoms with E-state index in [1.165, 1.54) is 6.07 Å². The Morgan fingerprint density at radius 3 is 2.65 bits per heavy atom. The van der Waals surface area contributed by atoms with Gasteiger partial charge in [0, 0.05) is 12.6 Å². The predicted octanol–water partition coefficient (Wildman–Crippen LogP) is 2.51. The van der Waals surface area contributed by atoms with Crippen LogP contribution >= 0.6 is 0 Å². The van der Waals surface area contributed by atoms with E-state index < -0.39 is 16.7 Å². The molecule has 2 rings (SSSR count). The van der Waals surface area contributed by atoms with Crippen LogP contribution in [0.25, 0.3) is 0 Å². The number of nitro groups is 1. The molecule has 7 heteroatoms. The monoisotopic (exact) mass is 282 g/mol. The molecule has 0 spiro atoms. The number of rotatable bonds is 5. The number of hydrogen-bond acceptors (Lipinski definition) is 5. The Morgan fingerprint density at radius 1 is 1.55 bits per heavy atom. The fraction of sp³-hybridized carbons (Fsp3) is 0.462. The van der Waals surface area contributed by atoms with Gasteiger partial charge < -0.3 is 9.64 Å². The Balaban J connectivity index is 2.55. The molecule has 1 aliphatic rings. The van der Waals surface area contributed by atoms with Crippen molar-refractivity contribution in [2.24, 2.45) is 0 Å². The Kier molecular flexibility index (Phi) is 3.87. The topological polar surface area (TPSA) is 72.7 Å². The Labute approximate surface area is 115 Å². The van der Waals surface area contributed by atoms with Crippen molar-refractivity contribution >= 4 is 17.3 Å². The number of esters is 1. The van der Waals surface area contributed by atoms with Gasteiger partial charge in [0.1, 0.15) is 11.5 Å². The molecule has 0 aromatic heterocycles. The molecule has 6 nitrogen and oxygen atoms in total. The van der Waals surface area contributed by atoms with Gasteiger partial charge in [0.05, 0.1) is 23.7 Å². The maximum absolute atomic E-state index is 13.8. The minimum Gasteiger partial charge on any atom is -0.465 e. The molecule has 0 bridgehead atoms. The first kappa shape index (κ1) is 14.2. The largest absolute Gasteiger partial charge is 0.465 e. The fourth-order valence-corrected chi connectivity index (χ4v) is 2.21. The van der Waals surface area contributed by atoms with Crippen molar-refractivity contribution in [3.05, 3.63) is 33.6 Å². The Bertz CT molecular complexity index is 558. The molecule has 1 saturated carbocycles. The lowest BCUT2D eigenvalue weighted by Gasteiger charge is -2.23.